The van der Waals surface area contributed by atoms with Gasteiger partial charge in [0, 0.05) is 12.0 Å². The van der Waals surface area contributed by atoms with Crippen LogP contribution in [0.1, 0.15) is 0 Å². The second-order valence-corrected chi connectivity index (χ2v) is 4.73. The van der Waals surface area contributed by atoms with Gasteiger partial charge >= 0.3 is 29.6 Å². The Morgan fingerprint density at radius 1 is 1.04 bits per heavy atom. The summed E-state index contributed by atoms with van der Waals surface area (Å²) in [6, 6.07) is 6.53. The van der Waals surface area contributed by atoms with Gasteiger partial charge in [0.2, 0.25) is 11.1 Å². The molecule has 4 aromatic rings. The fraction of sp³-hybridized carbons (Fsp3) is 0. The first-order valence-corrected chi connectivity index (χ1v) is 6.32. The van der Waals surface area contributed by atoms with Gasteiger partial charge in [-0.25, -0.2) is 4.98 Å². The van der Waals surface area contributed by atoms with Crippen LogP contribution < -0.4 is 40.1 Å². The number of fused-ring (bicyclic) bond motifs is 2. The average molecular weight is 412 g/mol. The van der Waals surface area contributed by atoms with Gasteiger partial charge < -0.3 is 36.9 Å². The Hall–Kier alpha value is -2.00. The van der Waals surface area contributed by atoms with Crippen LogP contribution in [-0.2, 0) is 0 Å². The van der Waals surface area contributed by atoms with Gasteiger partial charge in [0.25, 0.3) is 0 Å². The number of hydrogen-bond acceptors (Lipinski definition) is 6. The van der Waals surface area contributed by atoms with Crippen LogP contribution >= 0.6 is 11.6 Å². The van der Waals surface area contributed by atoms with E-state index in [2.05, 4.69) is 25.6 Å². The van der Waals surface area contributed by atoms with Gasteiger partial charge in [-0.15, -0.1) is 0 Å². The summed E-state index contributed by atoms with van der Waals surface area (Å²) >= 11 is 6.19. The standard InChI is InChI=1S/C13H5ClN5O2.Na.5H2O/c14-9-5-6(12-16-18-19-17-12)4-8-10(20)7-2-1-3-15-13(7)21-11(8)9;;;;;;/h1-5H;;5*1H2/q-1;+1;;;;;. The van der Waals surface area contributed by atoms with Gasteiger partial charge in [-0.05, 0) is 29.8 Å². The number of rotatable bonds is 1. The topological polar surface area (TPSA) is 253 Å². The summed E-state index contributed by atoms with van der Waals surface area (Å²) in [5.74, 6) is 0.296. The van der Waals surface area contributed by atoms with Gasteiger partial charge in [-0.3, -0.25) is 15.1 Å². The van der Waals surface area contributed by atoms with Crippen molar-refractivity contribution in [3.63, 3.8) is 0 Å². The molecule has 0 spiro atoms. The summed E-state index contributed by atoms with van der Waals surface area (Å²) < 4.78 is 5.62. The fourth-order valence-corrected chi connectivity index (χ4v) is 2.40. The molecule has 0 radical (unpaired) electrons. The molecule has 0 amide bonds. The Morgan fingerprint density at radius 2 is 1.74 bits per heavy atom. The molecule has 0 saturated heterocycles. The van der Waals surface area contributed by atoms with E-state index in [-0.39, 0.29) is 78.7 Å². The van der Waals surface area contributed by atoms with Gasteiger partial charge in [0.15, 0.2) is 5.58 Å². The number of tetrazole rings is 1. The second kappa shape index (κ2) is 11.7. The predicted octanol–water partition coefficient (Wildman–Crippen LogP) is -5.32. The molecular formula is C13H15ClN5NaO7. The van der Waals surface area contributed by atoms with Crippen LogP contribution in [0, 0.1) is 0 Å². The number of pyridine rings is 1. The summed E-state index contributed by atoms with van der Waals surface area (Å²) in [6.07, 6.45) is 1.55. The molecule has 0 saturated carbocycles. The van der Waals surface area contributed by atoms with Gasteiger partial charge in [-0.1, -0.05) is 11.6 Å². The normalized spacial score (nSPS) is 8.78. The molecule has 3 heterocycles. The van der Waals surface area contributed by atoms with Crippen LogP contribution in [0.3, 0.4) is 0 Å². The van der Waals surface area contributed by atoms with Crippen LogP contribution in [-0.4, -0.2) is 47.9 Å². The minimum Gasteiger partial charge on any atom is -0.436 e. The van der Waals surface area contributed by atoms with Crippen molar-refractivity contribution in [2.45, 2.75) is 0 Å². The Bertz CT molecular complexity index is 1040. The maximum absolute atomic E-state index is 12.5. The Balaban J connectivity index is -0.000000960. The summed E-state index contributed by atoms with van der Waals surface area (Å²) in [4.78, 5) is 16.6. The van der Waals surface area contributed by atoms with Crippen LogP contribution in [0.25, 0.3) is 33.5 Å². The van der Waals surface area contributed by atoms with Crippen molar-refractivity contribution in [2.24, 2.45) is 0 Å². The van der Waals surface area contributed by atoms with Crippen LogP contribution in [0.15, 0.2) is 39.7 Å². The first-order chi connectivity index (χ1) is 10.2. The minimum atomic E-state index is -0.212. The average Bonchev–Trinajstić information content (AvgIpc) is 3.03. The Labute approximate surface area is 177 Å². The van der Waals surface area contributed by atoms with E-state index in [0.717, 1.165) is 0 Å². The maximum Gasteiger partial charge on any atom is 1.00 e. The third-order valence-corrected chi connectivity index (χ3v) is 3.36. The van der Waals surface area contributed by atoms with Gasteiger partial charge in [0.1, 0.15) is 0 Å². The quantitative estimate of drug-likeness (QED) is 0.216. The van der Waals surface area contributed by atoms with Crippen LogP contribution in [0.4, 0.5) is 0 Å². The number of nitrogens with zero attached hydrogens (tertiary/aromatic N) is 5. The number of halogens is 1. The molecule has 0 aliphatic rings. The molecule has 3 aromatic heterocycles. The van der Waals surface area contributed by atoms with Crippen molar-refractivity contribution in [1.82, 2.24) is 25.6 Å². The van der Waals surface area contributed by atoms with Gasteiger partial charge in [0.05, 0.1) is 15.8 Å². The number of benzene rings is 1. The van der Waals surface area contributed by atoms with Crippen molar-refractivity contribution in [2.75, 3.05) is 0 Å². The zero-order valence-corrected chi connectivity index (χ0v) is 16.6. The molecule has 0 bridgehead atoms. The van der Waals surface area contributed by atoms with E-state index >= 15 is 0 Å². The van der Waals surface area contributed by atoms with Crippen molar-refractivity contribution in [3.8, 4) is 11.4 Å². The Morgan fingerprint density at radius 3 is 2.37 bits per heavy atom. The summed E-state index contributed by atoms with van der Waals surface area (Å²) in [5.41, 5.74) is 0.866. The van der Waals surface area contributed by atoms with Crippen molar-refractivity contribution < 1.29 is 61.4 Å². The van der Waals surface area contributed by atoms with E-state index in [1.54, 1.807) is 30.5 Å². The molecule has 10 N–H and O–H groups in total. The van der Waals surface area contributed by atoms with Gasteiger partial charge in [-0.2, -0.15) is 5.21 Å². The number of hydrogen-bond donors (Lipinski definition) is 0. The zero-order chi connectivity index (χ0) is 14.4. The van der Waals surface area contributed by atoms with Crippen molar-refractivity contribution in [3.05, 3.63) is 45.7 Å². The zero-order valence-electron chi connectivity index (χ0n) is 13.8. The fourth-order valence-electron chi connectivity index (χ4n) is 2.14. The first-order valence-electron chi connectivity index (χ1n) is 5.94. The smallest absolute Gasteiger partial charge is 0.436 e. The van der Waals surface area contributed by atoms with Crippen molar-refractivity contribution >= 4 is 33.7 Å². The molecule has 27 heavy (non-hydrogen) atoms. The summed E-state index contributed by atoms with van der Waals surface area (Å²) in [6.45, 7) is 0. The van der Waals surface area contributed by atoms with Crippen LogP contribution in [0.2, 0.25) is 5.02 Å². The van der Waals surface area contributed by atoms with E-state index in [0.29, 0.717) is 22.2 Å². The van der Waals surface area contributed by atoms with Crippen molar-refractivity contribution in [1.29, 1.82) is 0 Å². The maximum atomic E-state index is 12.5. The largest absolute Gasteiger partial charge is 1.00 e. The summed E-state index contributed by atoms with van der Waals surface area (Å²) in [7, 11) is 0. The third kappa shape index (κ3) is 5.04. The molecule has 0 unspecified atom stereocenters. The molecular weight excluding hydrogens is 397 g/mol. The second-order valence-electron chi connectivity index (χ2n) is 4.32. The molecule has 0 aliphatic heterocycles. The molecule has 0 atom stereocenters. The number of aromatic nitrogens is 5. The third-order valence-electron chi connectivity index (χ3n) is 3.08. The Kier molecular flexibility index (Phi) is 12.8. The molecule has 4 rings (SSSR count). The molecule has 142 valence electrons. The molecule has 14 heteroatoms. The van der Waals surface area contributed by atoms with E-state index in [1.807, 2.05) is 0 Å². The molecule has 1 aromatic carbocycles. The van der Waals surface area contributed by atoms with E-state index in [1.165, 1.54) is 0 Å². The predicted molar refractivity (Wildman–Crippen MR) is 93.0 cm³/mol. The van der Waals surface area contributed by atoms with E-state index in [4.69, 9.17) is 16.0 Å². The van der Waals surface area contributed by atoms with E-state index < -0.39 is 0 Å². The van der Waals surface area contributed by atoms with E-state index in [9.17, 15) is 4.79 Å². The molecule has 0 fully saturated rings. The molecule has 0 aliphatic carbocycles. The summed E-state index contributed by atoms with van der Waals surface area (Å²) in [5, 5.41) is 15.3. The minimum absolute atomic E-state index is 0. The SMILES string of the molecule is O.O.O.O.O.O=c1c2cccnc2oc2c(Cl)cc(-c3nnn[n-]3)cc12.[Na+]. The van der Waals surface area contributed by atoms with Crippen LogP contribution in [0.5, 0.6) is 0 Å². The first kappa shape index (κ1) is 29.8. The monoisotopic (exact) mass is 411 g/mol. The molecule has 12 nitrogen and oxygen atoms in total.